The average Bonchev–Trinajstić information content (AvgIpc) is 2.82. The van der Waals surface area contributed by atoms with Gasteiger partial charge in [-0.05, 0) is 24.3 Å². The number of nitrogens with one attached hydrogen (secondary N) is 2. The van der Waals surface area contributed by atoms with Crippen molar-refractivity contribution in [3.63, 3.8) is 0 Å². The lowest BCUT2D eigenvalue weighted by molar-refractivity contribution is -0.137. The third-order valence-electron chi connectivity index (χ3n) is 2.47. The van der Waals surface area contributed by atoms with Crippen LogP contribution in [0.25, 0.3) is 0 Å². The fourth-order valence-electron chi connectivity index (χ4n) is 1.61. The van der Waals surface area contributed by atoms with Crippen LogP contribution in [0.2, 0.25) is 5.02 Å². The molecule has 0 aliphatic rings. The van der Waals surface area contributed by atoms with Crippen LogP contribution in [0.4, 0.5) is 18.9 Å². The van der Waals surface area contributed by atoms with Gasteiger partial charge in [-0.25, -0.2) is 0 Å². The van der Waals surface area contributed by atoms with E-state index < -0.39 is 17.6 Å². The number of alkyl halides is 3. The van der Waals surface area contributed by atoms with Crippen molar-refractivity contribution in [1.29, 1.82) is 0 Å². The Balaban J connectivity index is 2.19. The zero-order valence-electron chi connectivity index (χ0n) is 9.96. The first kappa shape index (κ1) is 14.4. The highest BCUT2D eigenvalue weighted by atomic mass is 35.5. The molecule has 0 radical (unpaired) electrons. The van der Waals surface area contributed by atoms with Gasteiger partial charge in [0.25, 0.3) is 0 Å². The van der Waals surface area contributed by atoms with Gasteiger partial charge < -0.3 is 5.32 Å². The van der Waals surface area contributed by atoms with Gasteiger partial charge in [0, 0.05) is 16.9 Å². The van der Waals surface area contributed by atoms with E-state index in [4.69, 9.17) is 11.6 Å². The molecule has 106 valence electrons. The van der Waals surface area contributed by atoms with E-state index in [9.17, 15) is 18.0 Å². The van der Waals surface area contributed by atoms with E-state index in [0.29, 0.717) is 5.69 Å². The third-order valence-corrected chi connectivity index (χ3v) is 2.71. The number of anilines is 1. The second-order valence-corrected chi connectivity index (χ2v) is 4.43. The molecule has 1 aromatic carbocycles. The molecule has 1 aromatic heterocycles. The Kier molecular flexibility index (Phi) is 3.99. The second-order valence-electron chi connectivity index (χ2n) is 3.99. The maximum Gasteiger partial charge on any atom is 0.418 e. The molecule has 0 fully saturated rings. The molecule has 0 bridgehead atoms. The summed E-state index contributed by atoms with van der Waals surface area (Å²) >= 11 is 5.55. The Bertz CT molecular complexity index is 611. The van der Waals surface area contributed by atoms with Gasteiger partial charge in [-0.1, -0.05) is 11.6 Å². The standard InChI is InChI=1S/C12H9ClF3N3O/c13-7-1-2-10(9(5-7)12(14,15)16)18-11(20)6-8-3-4-17-19-8/h1-5H,6H2,(H,17,19)(H,18,20). The first-order valence-electron chi connectivity index (χ1n) is 5.51. The van der Waals surface area contributed by atoms with E-state index >= 15 is 0 Å². The highest BCUT2D eigenvalue weighted by Gasteiger charge is 2.34. The maximum atomic E-state index is 12.8. The van der Waals surface area contributed by atoms with Crippen molar-refractivity contribution in [2.75, 3.05) is 5.32 Å². The molecule has 1 heterocycles. The van der Waals surface area contributed by atoms with Crippen molar-refractivity contribution in [2.24, 2.45) is 0 Å². The van der Waals surface area contributed by atoms with E-state index in [1.54, 1.807) is 6.07 Å². The predicted octanol–water partition coefficient (Wildman–Crippen LogP) is 3.26. The summed E-state index contributed by atoms with van der Waals surface area (Å²) in [6.45, 7) is 0. The van der Waals surface area contributed by atoms with E-state index in [1.165, 1.54) is 12.3 Å². The summed E-state index contributed by atoms with van der Waals surface area (Å²) in [6.07, 6.45) is -3.24. The van der Waals surface area contributed by atoms with E-state index in [-0.39, 0.29) is 17.1 Å². The first-order valence-corrected chi connectivity index (χ1v) is 5.89. The fraction of sp³-hybridized carbons (Fsp3) is 0.167. The lowest BCUT2D eigenvalue weighted by Gasteiger charge is -2.13. The minimum Gasteiger partial charge on any atom is -0.325 e. The number of halogens is 4. The summed E-state index contributed by atoms with van der Waals surface area (Å²) in [6, 6.07) is 4.73. The number of hydrogen-bond acceptors (Lipinski definition) is 2. The van der Waals surface area contributed by atoms with Crippen LogP contribution in [-0.4, -0.2) is 16.1 Å². The number of rotatable bonds is 3. The van der Waals surface area contributed by atoms with Gasteiger partial charge in [0.15, 0.2) is 0 Å². The molecule has 2 rings (SSSR count). The van der Waals surface area contributed by atoms with Crippen LogP contribution in [0, 0.1) is 0 Å². The zero-order valence-corrected chi connectivity index (χ0v) is 10.7. The highest BCUT2D eigenvalue weighted by molar-refractivity contribution is 6.30. The summed E-state index contributed by atoms with van der Waals surface area (Å²) < 4.78 is 38.5. The number of benzene rings is 1. The molecule has 0 unspecified atom stereocenters. The lowest BCUT2D eigenvalue weighted by Crippen LogP contribution is -2.18. The molecule has 0 saturated carbocycles. The Labute approximate surface area is 116 Å². The van der Waals surface area contributed by atoms with Crippen molar-refractivity contribution in [3.05, 3.63) is 46.7 Å². The van der Waals surface area contributed by atoms with Gasteiger partial charge in [0.05, 0.1) is 17.7 Å². The molecule has 0 atom stereocenters. The average molecular weight is 304 g/mol. The Morgan fingerprint density at radius 2 is 2.10 bits per heavy atom. The molecule has 2 aromatic rings. The smallest absolute Gasteiger partial charge is 0.325 e. The maximum absolute atomic E-state index is 12.8. The van der Waals surface area contributed by atoms with Crippen molar-refractivity contribution < 1.29 is 18.0 Å². The van der Waals surface area contributed by atoms with Crippen molar-refractivity contribution in [1.82, 2.24) is 10.2 Å². The molecule has 8 heteroatoms. The summed E-state index contributed by atoms with van der Waals surface area (Å²) in [5.41, 5.74) is -0.806. The molecule has 20 heavy (non-hydrogen) atoms. The molecule has 4 nitrogen and oxygen atoms in total. The number of amides is 1. The highest BCUT2D eigenvalue weighted by Crippen LogP contribution is 2.36. The molecule has 0 aliphatic heterocycles. The fourth-order valence-corrected chi connectivity index (χ4v) is 1.78. The Morgan fingerprint density at radius 1 is 1.35 bits per heavy atom. The van der Waals surface area contributed by atoms with Gasteiger partial charge in [0.2, 0.25) is 5.91 Å². The predicted molar refractivity (Wildman–Crippen MR) is 67.4 cm³/mol. The Morgan fingerprint density at radius 3 is 2.70 bits per heavy atom. The SMILES string of the molecule is O=C(Cc1ccn[nH]1)Nc1ccc(Cl)cc1C(F)(F)F. The number of aromatic nitrogens is 2. The van der Waals surface area contributed by atoms with Crippen LogP contribution in [0.15, 0.2) is 30.5 Å². The Hall–Kier alpha value is -2.02. The van der Waals surface area contributed by atoms with E-state index in [1.807, 2.05) is 0 Å². The molecule has 1 amide bonds. The van der Waals surface area contributed by atoms with Gasteiger partial charge in [-0.3, -0.25) is 9.89 Å². The van der Waals surface area contributed by atoms with Crippen LogP contribution in [0.3, 0.4) is 0 Å². The monoisotopic (exact) mass is 303 g/mol. The van der Waals surface area contributed by atoms with Crippen molar-refractivity contribution >= 4 is 23.2 Å². The zero-order chi connectivity index (χ0) is 14.8. The lowest BCUT2D eigenvalue weighted by atomic mass is 10.1. The normalized spacial score (nSPS) is 11.4. The molecule has 0 saturated heterocycles. The number of hydrogen-bond donors (Lipinski definition) is 2. The molecular weight excluding hydrogens is 295 g/mol. The van der Waals surface area contributed by atoms with E-state index in [0.717, 1.165) is 12.1 Å². The minimum atomic E-state index is -4.60. The van der Waals surface area contributed by atoms with E-state index in [2.05, 4.69) is 15.5 Å². The largest absolute Gasteiger partial charge is 0.418 e. The summed E-state index contributed by atoms with van der Waals surface area (Å²) in [4.78, 5) is 11.7. The van der Waals surface area contributed by atoms with Crippen molar-refractivity contribution in [3.8, 4) is 0 Å². The molecular formula is C12H9ClF3N3O. The second kappa shape index (κ2) is 5.54. The quantitative estimate of drug-likeness (QED) is 0.914. The number of H-pyrrole nitrogens is 1. The first-order chi connectivity index (χ1) is 9.36. The molecule has 0 spiro atoms. The van der Waals surface area contributed by atoms with Gasteiger partial charge in [0.1, 0.15) is 0 Å². The number of carbonyl (C=O) groups is 1. The topological polar surface area (TPSA) is 57.8 Å². The van der Waals surface area contributed by atoms with Gasteiger partial charge >= 0.3 is 6.18 Å². The summed E-state index contributed by atoms with van der Waals surface area (Å²) in [5, 5.41) is 8.37. The van der Waals surface area contributed by atoms with Crippen LogP contribution in [0.5, 0.6) is 0 Å². The van der Waals surface area contributed by atoms with Gasteiger partial charge in [-0.2, -0.15) is 18.3 Å². The van der Waals surface area contributed by atoms with Crippen LogP contribution < -0.4 is 5.32 Å². The third kappa shape index (κ3) is 3.51. The van der Waals surface area contributed by atoms with Crippen LogP contribution in [-0.2, 0) is 17.4 Å². The summed E-state index contributed by atoms with van der Waals surface area (Å²) in [7, 11) is 0. The summed E-state index contributed by atoms with van der Waals surface area (Å²) in [5.74, 6) is -0.581. The van der Waals surface area contributed by atoms with Gasteiger partial charge in [-0.15, -0.1) is 0 Å². The molecule has 2 N–H and O–H groups in total. The minimum absolute atomic E-state index is 0.0520. The number of nitrogens with zero attached hydrogens (tertiary/aromatic N) is 1. The molecule has 0 aliphatic carbocycles. The van der Waals surface area contributed by atoms with Crippen LogP contribution in [0.1, 0.15) is 11.3 Å². The number of aromatic amines is 1. The van der Waals surface area contributed by atoms with Crippen LogP contribution >= 0.6 is 11.6 Å². The number of carbonyl (C=O) groups excluding carboxylic acids is 1. The van der Waals surface area contributed by atoms with Crippen molar-refractivity contribution in [2.45, 2.75) is 12.6 Å².